The summed E-state index contributed by atoms with van der Waals surface area (Å²) in [7, 11) is 1.55. The summed E-state index contributed by atoms with van der Waals surface area (Å²) in [6.45, 7) is 3.79. The molecule has 0 amide bonds. The average Bonchev–Trinajstić information content (AvgIpc) is 2.53. The SMILES string of the molecule is CCOC(=O)c1cc2cc(OC)ccc2nc1C(=O)OCC. The molecule has 116 valence electrons. The molecule has 1 aromatic heterocycles. The molecule has 1 aromatic carbocycles. The molecule has 2 rings (SSSR count). The number of pyridine rings is 1. The highest BCUT2D eigenvalue weighted by atomic mass is 16.5. The zero-order valence-corrected chi connectivity index (χ0v) is 12.7. The molecule has 0 atom stereocenters. The summed E-state index contributed by atoms with van der Waals surface area (Å²) in [5.41, 5.74) is 0.607. The van der Waals surface area contributed by atoms with Gasteiger partial charge in [-0.2, -0.15) is 0 Å². The molecule has 0 aliphatic carbocycles. The maximum Gasteiger partial charge on any atom is 0.357 e. The minimum atomic E-state index is -0.650. The third kappa shape index (κ3) is 3.16. The van der Waals surface area contributed by atoms with Crippen LogP contribution in [0.3, 0.4) is 0 Å². The summed E-state index contributed by atoms with van der Waals surface area (Å²) in [5, 5.41) is 0.676. The first kappa shape index (κ1) is 15.8. The van der Waals surface area contributed by atoms with Gasteiger partial charge in [-0.25, -0.2) is 14.6 Å². The zero-order chi connectivity index (χ0) is 16.1. The standard InChI is InChI=1S/C16H17NO5/c1-4-21-15(18)12-9-10-8-11(20-3)6-7-13(10)17-14(12)16(19)22-5-2/h6-9H,4-5H2,1-3H3. The van der Waals surface area contributed by atoms with E-state index in [2.05, 4.69) is 4.98 Å². The van der Waals surface area contributed by atoms with Gasteiger partial charge in [0, 0.05) is 5.39 Å². The molecule has 1 heterocycles. The molecule has 0 saturated carbocycles. The van der Waals surface area contributed by atoms with Crippen LogP contribution in [0.15, 0.2) is 24.3 Å². The number of hydrogen-bond donors (Lipinski definition) is 0. The fourth-order valence-corrected chi connectivity index (χ4v) is 2.00. The summed E-state index contributed by atoms with van der Waals surface area (Å²) in [6.07, 6.45) is 0. The van der Waals surface area contributed by atoms with Crippen molar-refractivity contribution < 1.29 is 23.8 Å². The van der Waals surface area contributed by atoms with Crippen LogP contribution in [0.2, 0.25) is 0 Å². The number of carbonyl (C=O) groups is 2. The van der Waals surface area contributed by atoms with Crippen molar-refractivity contribution in [2.75, 3.05) is 20.3 Å². The molecular formula is C16H17NO5. The van der Waals surface area contributed by atoms with E-state index < -0.39 is 11.9 Å². The maximum atomic E-state index is 12.1. The molecular weight excluding hydrogens is 286 g/mol. The molecule has 0 saturated heterocycles. The van der Waals surface area contributed by atoms with Gasteiger partial charge in [-0.15, -0.1) is 0 Å². The van der Waals surface area contributed by atoms with Gasteiger partial charge in [0.15, 0.2) is 5.69 Å². The molecule has 2 aromatic rings. The Hall–Kier alpha value is -2.63. The molecule has 0 unspecified atom stereocenters. The highest BCUT2D eigenvalue weighted by Crippen LogP contribution is 2.23. The molecule has 0 aliphatic heterocycles. The van der Waals surface area contributed by atoms with Gasteiger partial charge >= 0.3 is 11.9 Å². The van der Waals surface area contributed by atoms with Crippen LogP contribution in [0.5, 0.6) is 5.75 Å². The normalized spacial score (nSPS) is 10.3. The van der Waals surface area contributed by atoms with Crippen molar-refractivity contribution in [2.24, 2.45) is 0 Å². The Morgan fingerprint density at radius 1 is 1.05 bits per heavy atom. The van der Waals surface area contributed by atoms with Gasteiger partial charge < -0.3 is 14.2 Å². The highest BCUT2D eigenvalue weighted by molar-refractivity contribution is 6.04. The third-order valence-corrected chi connectivity index (χ3v) is 2.99. The van der Waals surface area contributed by atoms with E-state index in [0.717, 1.165) is 0 Å². The topological polar surface area (TPSA) is 74.7 Å². The highest BCUT2D eigenvalue weighted by Gasteiger charge is 2.22. The van der Waals surface area contributed by atoms with E-state index in [1.807, 2.05) is 0 Å². The second kappa shape index (κ2) is 6.89. The van der Waals surface area contributed by atoms with Crippen molar-refractivity contribution in [2.45, 2.75) is 13.8 Å². The van der Waals surface area contributed by atoms with Crippen molar-refractivity contribution in [3.63, 3.8) is 0 Å². The van der Waals surface area contributed by atoms with Crippen LogP contribution in [0, 0.1) is 0 Å². The Labute approximate surface area is 128 Å². The quantitative estimate of drug-likeness (QED) is 0.790. The van der Waals surface area contributed by atoms with Crippen molar-refractivity contribution >= 4 is 22.8 Å². The number of carbonyl (C=O) groups excluding carboxylic acids is 2. The summed E-state index contributed by atoms with van der Waals surface area (Å²) in [6, 6.07) is 6.75. The van der Waals surface area contributed by atoms with Crippen LogP contribution in [-0.4, -0.2) is 37.2 Å². The predicted molar refractivity (Wildman–Crippen MR) is 80.2 cm³/mol. The van der Waals surface area contributed by atoms with E-state index in [1.165, 1.54) is 0 Å². The van der Waals surface area contributed by atoms with Gasteiger partial charge in [-0.1, -0.05) is 0 Å². The van der Waals surface area contributed by atoms with Crippen LogP contribution >= 0.6 is 0 Å². The number of nitrogens with zero attached hydrogens (tertiary/aromatic N) is 1. The molecule has 6 nitrogen and oxygen atoms in total. The largest absolute Gasteiger partial charge is 0.497 e. The molecule has 0 aliphatic rings. The fourth-order valence-electron chi connectivity index (χ4n) is 2.00. The second-order valence-corrected chi connectivity index (χ2v) is 4.38. The van der Waals surface area contributed by atoms with E-state index in [-0.39, 0.29) is 24.5 Å². The summed E-state index contributed by atoms with van der Waals surface area (Å²) in [4.78, 5) is 28.3. The van der Waals surface area contributed by atoms with E-state index >= 15 is 0 Å². The van der Waals surface area contributed by atoms with E-state index in [9.17, 15) is 9.59 Å². The lowest BCUT2D eigenvalue weighted by atomic mass is 10.1. The Morgan fingerprint density at radius 2 is 1.73 bits per heavy atom. The molecule has 0 spiro atoms. The van der Waals surface area contributed by atoms with Crippen LogP contribution < -0.4 is 4.74 Å². The van der Waals surface area contributed by atoms with Crippen LogP contribution in [-0.2, 0) is 9.47 Å². The maximum absolute atomic E-state index is 12.1. The predicted octanol–water partition coefficient (Wildman–Crippen LogP) is 2.60. The number of ether oxygens (including phenoxy) is 3. The number of hydrogen-bond acceptors (Lipinski definition) is 6. The molecule has 0 bridgehead atoms. The van der Waals surface area contributed by atoms with Crippen molar-refractivity contribution in [1.82, 2.24) is 4.98 Å². The molecule has 22 heavy (non-hydrogen) atoms. The van der Waals surface area contributed by atoms with Gasteiger partial charge in [0.1, 0.15) is 5.75 Å². The van der Waals surface area contributed by atoms with Crippen molar-refractivity contribution in [3.05, 3.63) is 35.5 Å². The van der Waals surface area contributed by atoms with E-state index in [1.54, 1.807) is 45.2 Å². The third-order valence-electron chi connectivity index (χ3n) is 2.99. The van der Waals surface area contributed by atoms with E-state index in [0.29, 0.717) is 16.7 Å². The first-order valence-corrected chi connectivity index (χ1v) is 6.93. The molecule has 0 fully saturated rings. The van der Waals surface area contributed by atoms with Crippen LogP contribution in [0.25, 0.3) is 10.9 Å². The van der Waals surface area contributed by atoms with Crippen LogP contribution in [0.4, 0.5) is 0 Å². The zero-order valence-electron chi connectivity index (χ0n) is 12.7. The Bertz CT molecular complexity index is 711. The number of esters is 2. The Morgan fingerprint density at radius 3 is 2.36 bits per heavy atom. The first-order chi connectivity index (χ1) is 10.6. The lowest BCUT2D eigenvalue weighted by Crippen LogP contribution is -2.16. The molecule has 6 heteroatoms. The van der Waals surface area contributed by atoms with Crippen LogP contribution in [0.1, 0.15) is 34.7 Å². The number of fused-ring (bicyclic) bond motifs is 1. The van der Waals surface area contributed by atoms with Gasteiger partial charge in [-0.3, -0.25) is 0 Å². The lowest BCUT2D eigenvalue weighted by Gasteiger charge is -2.10. The minimum Gasteiger partial charge on any atom is -0.497 e. The van der Waals surface area contributed by atoms with E-state index in [4.69, 9.17) is 14.2 Å². The Kier molecular flexibility index (Phi) is 4.93. The van der Waals surface area contributed by atoms with Crippen molar-refractivity contribution in [1.29, 1.82) is 0 Å². The monoisotopic (exact) mass is 303 g/mol. The number of aromatic nitrogens is 1. The smallest absolute Gasteiger partial charge is 0.357 e. The number of benzene rings is 1. The summed E-state index contributed by atoms with van der Waals surface area (Å²) in [5.74, 6) is -0.626. The lowest BCUT2D eigenvalue weighted by molar-refractivity contribution is 0.0474. The summed E-state index contributed by atoms with van der Waals surface area (Å²) >= 11 is 0. The first-order valence-electron chi connectivity index (χ1n) is 6.93. The van der Waals surface area contributed by atoms with Gasteiger partial charge in [0.2, 0.25) is 0 Å². The molecule has 0 N–H and O–H groups in total. The summed E-state index contributed by atoms with van der Waals surface area (Å²) < 4.78 is 15.1. The second-order valence-electron chi connectivity index (χ2n) is 4.38. The minimum absolute atomic E-state index is 0.0435. The number of methoxy groups -OCH3 is 1. The van der Waals surface area contributed by atoms with Gasteiger partial charge in [-0.05, 0) is 38.1 Å². The van der Waals surface area contributed by atoms with Gasteiger partial charge in [0.25, 0.3) is 0 Å². The van der Waals surface area contributed by atoms with Gasteiger partial charge in [0.05, 0.1) is 31.4 Å². The average molecular weight is 303 g/mol. The van der Waals surface area contributed by atoms with Crippen molar-refractivity contribution in [3.8, 4) is 5.75 Å². The number of rotatable bonds is 5. The fraction of sp³-hybridized carbons (Fsp3) is 0.312. The molecule has 0 radical (unpaired) electrons. The Balaban J connectivity index is 2.61.